The number of esters is 1. The molecule has 152 valence electrons. The van der Waals surface area contributed by atoms with Gasteiger partial charge in [0.05, 0.1) is 16.5 Å². The summed E-state index contributed by atoms with van der Waals surface area (Å²) in [5.74, 6) is -0.987. The van der Waals surface area contributed by atoms with Crippen LogP contribution >= 0.6 is 34.3 Å². The molecule has 1 saturated heterocycles. The van der Waals surface area contributed by atoms with Gasteiger partial charge in [0, 0.05) is 6.54 Å². The molecule has 2 aromatic rings. The van der Waals surface area contributed by atoms with Crippen LogP contribution in [0, 0.1) is 0 Å². The lowest BCUT2D eigenvalue weighted by Gasteiger charge is -2.33. The standard InChI is InChI=1S/C17H19ClN2O5S3/c1-2-25-17(22)11-8-10-26-16(11)19-15(21)12-5-3-4-9-20(12)28(23,24)14-7-6-13(18)27-14/h6-8,10,12H,2-5,9H2,1H3,(H,19,21). The maximum Gasteiger partial charge on any atom is 0.341 e. The highest BCUT2D eigenvalue weighted by Crippen LogP contribution is 2.32. The summed E-state index contributed by atoms with van der Waals surface area (Å²) in [6, 6.07) is 3.69. The van der Waals surface area contributed by atoms with E-state index in [2.05, 4.69) is 5.32 Å². The Morgan fingerprint density at radius 1 is 1.32 bits per heavy atom. The van der Waals surface area contributed by atoms with Gasteiger partial charge in [0.15, 0.2) is 0 Å². The van der Waals surface area contributed by atoms with Crippen LogP contribution in [0.5, 0.6) is 0 Å². The summed E-state index contributed by atoms with van der Waals surface area (Å²) in [6.07, 6.45) is 1.82. The molecule has 7 nitrogen and oxygen atoms in total. The average molecular weight is 463 g/mol. The van der Waals surface area contributed by atoms with Crippen LogP contribution in [0.15, 0.2) is 27.8 Å². The third kappa shape index (κ3) is 4.41. The van der Waals surface area contributed by atoms with Gasteiger partial charge in [0.1, 0.15) is 15.3 Å². The second kappa shape index (κ2) is 8.91. The van der Waals surface area contributed by atoms with Crippen molar-refractivity contribution in [3.8, 4) is 0 Å². The molecule has 0 aliphatic carbocycles. The first-order chi connectivity index (χ1) is 13.3. The molecule has 1 atom stereocenters. The zero-order chi connectivity index (χ0) is 20.3. The minimum Gasteiger partial charge on any atom is -0.462 e. The molecule has 3 heterocycles. The first-order valence-corrected chi connectivity index (χ1v) is 12.2. The van der Waals surface area contributed by atoms with Crippen LogP contribution in [0.2, 0.25) is 4.34 Å². The molecular weight excluding hydrogens is 444 g/mol. The summed E-state index contributed by atoms with van der Waals surface area (Å²) >= 11 is 8.04. The van der Waals surface area contributed by atoms with Crippen molar-refractivity contribution >= 4 is 61.2 Å². The summed E-state index contributed by atoms with van der Waals surface area (Å²) in [7, 11) is -3.83. The van der Waals surface area contributed by atoms with Crippen LogP contribution in [0.4, 0.5) is 5.00 Å². The highest BCUT2D eigenvalue weighted by molar-refractivity contribution is 7.91. The smallest absolute Gasteiger partial charge is 0.341 e. The number of anilines is 1. The number of carbonyl (C=O) groups excluding carboxylic acids is 2. The minimum atomic E-state index is -3.83. The summed E-state index contributed by atoms with van der Waals surface area (Å²) < 4.78 is 32.7. The number of piperidine rings is 1. The van der Waals surface area contributed by atoms with Gasteiger partial charge in [-0.25, -0.2) is 13.2 Å². The monoisotopic (exact) mass is 462 g/mol. The van der Waals surface area contributed by atoms with Crippen molar-refractivity contribution in [2.75, 3.05) is 18.5 Å². The van der Waals surface area contributed by atoms with Crippen LogP contribution in [0.1, 0.15) is 36.5 Å². The first-order valence-electron chi connectivity index (χ1n) is 8.67. The van der Waals surface area contributed by atoms with E-state index in [1.165, 1.54) is 27.8 Å². The quantitative estimate of drug-likeness (QED) is 0.658. The molecule has 1 unspecified atom stereocenters. The van der Waals surface area contributed by atoms with E-state index in [0.717, 1.165) is 17.8 Å². The van der Waals surface area contributed by atoms with Crippen LogP contribution in [-0.4, -0.2) is 43.8 Å². The number of sulfonamides is 1. The molecule has 11 heteroatoms. The number of carbonyl (C=O) groups is 2. The van der Waals surface area contributed by atoms with E-state index in [1.54, 1.807) is 18.4 Å². The van der Waals surface area contributed by atoms with Crippen molar-refractivity contribution in [3.63, 3.8) is 0 Å². The van der Waals surface area contributed by atoms with E-state index in [0.29, 0.717) is 22.2 Å². The molecule has 0 saturated carbocycles. The zero-order valence-electron chi connectivity index (χ0n) is 15.0. The molecule has 28 heavy (non-hydrogen) atoms. The van der Waals surface area contributed by atoms with Crippen LogP contribution in [-0.2, 0) is 19.6 Å². The van der Waals surface area contributed by atoms with E-state index < -0.39 is 27.9 Å². The van der Waals surface area contributed by atoms with Gasteiger partial charge in [0.25, 0.3) is 10.0 Å². The Hall–Kier alpha value is -1.46. The Morgan fingerprint density at radius 2 is 2.11 bits per heavy atom. The number of thiophene rings is 2. The van der Waals surface area contributed by atoms with E-state index in [1.807, 2.05) is 0 Å². The van der Waals surface area contributed by atoms with Crippen molar-refractivity contribution in [1.82, 2.24) is 4.31 Å². The molecular formula is C17H19ClN2O5S3. The second-order valence-corrected chi connectivity index (χ2v) is 10.8. The van der Waals surface area contributed by atoms with Gasteiger partial charge in [-0.2, -0.15) is 4.31 Å². The van der Waals surface area contributed by atoms with Gasteiger partial charge in [-0.3, -0.25) is 4.79 Å². The average Bonchev–Trinajstić information content (AvgIpc) is 3.31. The Balaban J connectivity index is 1.82. The van der Waals surface area contributed by atoms with Gasteiger partial charge in [-0.1, -0.05) is 18.0 Å². The lowest BCUT2D eigenvalue weighted by molar-refractivity contribution is -0.120. The van der Waals surface area contributed by atoms with E-state index in [9.17, 15) is 18.0 Å². The number of amides is 1. The van der Waals surface area contributed by atoms with Crippen LogP contribution < -0.4 is 5.32 Å². The molecule has 0 radical (unpaired) electrons. The van der Waals surface area contributed by atoms with Crippen molar-refractivity contribution in [2.24, 2.45) is 0 Å². The number of halogens is 1. The topological polar surface area (TPSA) is 92.8 Å². The molecule has 1 amide bonds. The predicted molar refractivity (Wildman–Crippen MR) is 110 cm³/mol. The normalized spacial score (nSPS) is 18.0. The number of hydrogen-bond donors (Lipinski definition) is 1. The predicted octanol–water partition coefficient (Wildman–Crippen LogP) is 3.82. The first kappa shape index (κ1) is 21.3. The van der Waals surface area contributed by atoms with Gasteiger partial charge in [-0.05, 0) is 43.3 Å². The lowest BCUT2D eigenvalue weighted by atomic mass is 10.0. The SMILES string of the molecule is CCOC(=O)c1ccsc1NC(=O)C1CCCCN1S(=O)(=O)c1ccc(Cl)s1. The molecule has 2 aromatic heterocycles. The van der Waals surface area contributed by atoms with E-state index in [-0.39, 0.29) is 22.9 Å². The number of nitrogens with one attached hydrogen (secondary N) is 1. The Morgan fingerprint density at radius 3 is 2.79 bits per heavy atom. The summed E-state index contributed by atoms with van der Waals surface area (Å²) in [5.41, 5.74) is 0.260. The Labute approximate surface area is 176 Å². The Kier molecular flexibility index (Phi) is 6.77. The third-order valence-electron chi connectivity index (χ3n) is 4.27. The van der Waals surface area contributed by atoms with Crippen molar-refractivity contribution in [1.29, 1.82) is 0 Å². The number of nitrogens with zero attached hydrogens (tertiary/aromatic N) is 1. The number of rotatable bonds is 6. The van der Waals surface area contributed by atoms with Gasteiger partial charge in [-0.15, -0.1) is 22.7 Å². The molecule has 1 fully saturated rings. The van der Waals surface area contributed by atoms with E-state index >= 15 is 0 Å². The lowest BCUT2D eigenvalue weighted by Crippen LogP contribution is -2.49. The molecule has 1 aliphatic heterocycles. The molecule has 1 aliphatic rings. The minimum absolute atomic E-state index is 0.112. The fourth-order valence-corrected chi connectivity index (χ4v) is 7.02. The van der Waals surface area contributed by atoms with Crippen molar-refractivity contribution < 1.29 is 22.7 Å². The van der Waals surface area contributed by atoms with E-state index in [4.69, 9.17) is 16.3 Å². The largest absolute Gasteiger partial charge is 0.462 e. The van der Waals surface area contributed by atoms with Crippen molar-refractivity contribution in [2.45, 2.75) is 36.4 Å². The molecule has 1 N–H and O–H groups in total. The maximum absolute atomic E-state index is 13.0. The highest BCUT2D eigenvalue weighted by atomic mass is 35.5. The fraction of sp³-hybridized carbons (Fsp3) is 0.412. The molecule has 0 spiro atoms. The van der Waals surface area contributed by atoms with Crippen molar-refractivity contribution in [3.05, 3.63) is 33.5 Å². The zero-order valence-corrected chi connectivity index (χ0v) is 18.2. The van der Waals surface area contributed by atoms with Gasteiger partial charge in [0.2, 0.25) is 5.91 Å². The maximum atomic E-state index is 13.0. The molecule has 0 bridgehead atoms. The van der Waals surface area contributed by atoms with Crippen LogP contribution in [0.3, 0.4) is 0 Å². The fourth-order valence-electron chi connectivity index (χ4n) is 2.98. The summed E-state index contributed by atoms with van der Waals surface area (Å²) in [4.78, 5) is 24.9. The Bertz CT molecular complexity index is 969. The highest BCUT2D eigenvalue weighted by Gasteiger charge is 2.38. The number of hydrogen-bond acceptors (Lipinski definition) is 7. The summed E-state index contributed by atoms with van der Waals surface area (Å²) in [5, 5.41) is 4.73. The molecule has 3 rings (SSSR count). The third-order valence-corrected chi connectivity index (χ3v) is 8.70. The van der Waals surface area contributed by atoms with Gasteiger partial charge >= 0.3 is 5.97 Å². The van der Waals surface area contributed by atoms with Gasteiger partial charge < -0.3 is 10.1 Å². The number of ether oxygens (including phenoxy) is 1. The van der Waals surface area contributed by atoms with Crippen LogP contribution in [0.25, 0.3) is 0 Å². The second-order valence-electron chi connectivity index (χ2n) is 6.06. The molecule has 0 aromatic carbocycles. The summed E-state index contributed by atoms with van der Waals surface area (Å²) in [6.45, 7) is 2.18.